The van der Waals surface area contributed by atoms with Gasteiger partial charge in [0.1, 0.15) is 0 Å². The van der Waals surface area contributed by atoms with Gasteiger partial charge in [0.2, 0.25) is 0 Å². The van der Waals surface area contributed by atoms with Gasteiger partial charge in [-0.1, -0.05) is 53.0 Å². The average molecular weight is 168 g/mol. The van der Waals surface area contributed by atoms with Crippen LogP contribution in [0.25, 0.3) is 0 Å². The Hall–Kier alpha value is -0.260. The highest BCUT2D eigenvalue weighted by atomic mass is 14.3. The Morgan fingerprint density at radius 2 is 1.92 bits per heavy atom. The van der Waals surface area contributed by atoms with Crippen LogP contribution in [-0.2, 0) is 0 Å². The molecule has 0 saturated carbocycles. The maximum Gasteiger partial charge on any atom is -0.0124 e. The van der Waals surface area contributed by atoms with E-state index >= 15 is 0 Å². The fraction of sp³-hybridized carbons (Fsp3) is 0.833. The number of allylic oxidation sites excluding steroid dienone is 1. The molecule has 0 amide bonds. The Balaban J connectivity index is 4.17. The van der Waals surface area contributed by atoms with Gasteiger partial charge in [0, 0.05) is 0 Å². The summed E-state index contributed by atoms with van der Waals surface area (Å²) in [4.78, 5) is 0. The van der Waals surface area contributed by atoms with Gasteiger partial charge in [0.15, 0.2) is 0 Å². The van der Waals surface area contributed by atoms with E-state index in [0.29, 0.717) is 5.41 Å². The van der Waals surface area contributed by atoms with Gasteiger partial charge < -0.3 is 0 Å². The molecule has 2 unspecified atom stereocenters. The van der Waals surface area contributed by atoms with E-state index in [4.69, 9.17) is 0 Å². The summed E-state index contributed by atoms with van der Waals surface area (Å²) in [6, 6.07) is 0. The molecule has 0 aromatic rings. The van der Waals surface area contributed by atoms with Crippen LogP contribution in [-0.4, -0.2) is 0 Å². The van der Waals surface area contributed by atoms with Gasteiger partial charge >= 0.3 is 0 Å². The SMILES string of the molecule is C=CC(C)(CCC)C(C)CCC. The number of hydrogen-bond donors (Lipinski definition) is 0. The predicted molar refractivity (Wildman–Crippen MR) is 57.3 cm³/mol. The van der Waals surface area contributed by atoms with Crippen molar-refractivity contribution >= 4 is 0 Å². The Bertz CT molecular complexity index is 126. The molecule has 0 aliphatic rings. The van der Waals surface area contributed by atoms with Crippen LogP contribution in [0.4, 0.5) is 0 Å². The highest BCUT2D eigenvalue weighted by Crippen LogP contribution is 2.36. The number of rotatable bonds is 6. The first-order valence-corrected chi connectivity index (χ1v) is 5.24. The molecule has 0 nitrogen and oxygen atoms in total. The molecule has 0 fully saturated rings. The summed E-state index contributed by atoms with van der Waals surface area (Å²) in [6.45, 7) is 13.1. The van der Waals surface area contributed by atoms with Crippen molar-refractivity contribution in [2.45, 2.75) is 53.4 Å². The van der Waals surface area contributed by atoms with Crippen molar-refractivity contribution < 1.29 is 0 Å². The Kier molecular flexibility index (Phi) is 5.28. The second-order valence-electron chi connectivity index (χ2n) is 4.15. The topological polar surface area (TPSA) is 0 Å². The monoisotopic (exact) mass is 168 g/mol. The van der Waals surface area contributed by atoms with Crippen LogP contribution in [0.1, 0.15) is 53.4 Å². The minimum Gasteiger partial charge on any atom is -0.103 e. The molecule has 0 aliphatic heterocycles. The third-order valence-corrected chi connectivity index (χ3v) is 3.10. The summed E-state index contributed by atoms with van der Waals surface area (Å²) in [5.41, 5.74) is 0.366. The highest BCUT2D eigenvalue weighted by Gasteiger charge is 2.25. The third kappa shape index (κ3) is 3.00. The molecule has 0 rings (SSSR count). The largest absolute Gasteiger partial charge is 0.103 e. The molecule has 0 aromatic carbocycles. The van der Waals surface area contributed by atoms with Gasteiger partial charge in [-0.05, 0) is 17.8 Å². The van der Waals surface area contributed by atoms with Crippen LogP contribution >= 0.6 is 0 Å². The number of hydrogen-bond acceptors (Lipinski definition) is 0. The molecule has 0 spiro atoms. The zero-order valence-electron chi connectivity index (χ0n) is 9.19. The Morgan fingerprint density at radius 3 is 2.25 bits per heavy atom. The molecule has 0 N–H and O–H groups in total. The summed E-state index contributed by atoms with van der Waals surface area (Å²) in [6.07, 6.45) is 7.29. The van der Waals surface area contributed by atoms with E-state index < -0.39 is 0 Å². The Labute approximate surface area is 78.1 Å². The van der Waals surface area contributed by atoms with E-state index in [1.807, 2.05) is 0 Å². The quantitative estimate of drug-likeness (QED) is 0.515. The van der Waals surface area contributed by atoms with Gasteiger partial charge in [-0.25, -0.2) is 0 Å². The molecule has 12 heavy (non-hydrogen) atoms. The smallest absolute Gasteiger partial charge is 0.0124 e. The lowest BCUT2D eigenvalue weighted by Gasteiger charge is -2.32. The van der Waals surface area contributed by atoms with Crippen LogP contribution in [0.5, 0.6) is 0 Å². The predicted octanol–water partition coefficient (Wildman–Crippen LogP) is 4.42. The van der Waals surface area contributed by atoms with Crippen molar-refractivity contribution in [2.75, 3.05) is 0 Å². The second kappa shape index (κ2) is 5.40. The maximum atomic E-state index is 3.95. The Morgan fingerprint density at radius 1 is 1.33 bits per heavy atom. The van der Waals surface area contributed by atoms with Crippen molar-refractivity contribution in [3.8, 4) is 0 Å². The van der Waals surface area contributed by atoms with Gasteiger partial charge in [-0.3, -0.25) is 0 Å². The maximum absolute atomic E-state index is 3.95. The van der Waals surface area contributed by atoms with E-state index in [2.05, 4.69) is 40.3 Å². The van der Waals surface area contributed by atoms with Crippen molar-refractivity contribution in [2.24, 2.45) is 11.3 Å². The first-order valence-electron chi connectivity index (χ1n) is 5.24. The first-order chi connectivity index (χ1) is 5.60. The van der Waals surface area contributed by atoms with Crippen molar-refractivity contribution in [3.05, 3.63) is 12.7 Å². The van der Waals surface area contributed by atoms with Gasteiger partial charge in [-0.2, -0.15) is 0 Å². The summed E-state index contributed by atoms with van der Waals surface area (Å²) in [5.74, 6) is 0.778. The lowest BCUT2D eigenvalue weighted by molar-refractivity contribution is 0.238. The van der Waals surface area contributed by atoms with Gasteiger partial charge in [0.05, 0.1) is 0 Å². The molecule has 0 aromatic heterocycles. The summed E-state index contributed by atoms with van der Waals surface area (Å²) in [5, 5.41) is 0. The molecule has 0 saturated heterocycles. The minimum absolute atomic E-state index is 0.366. The van der Waals surface area contributed by atoms with Crippen LogP contribution in [0.15, 0.2) is 12.7 Å². The van der Waals surface area contributed by atoms with Crippen molar-refractivity contribution in [1.82, 2.24) is 0 Å². The molecular weight excluding hydrogens is 144 g/mol. The molecule has 0 aliphatic carbocycles. The lowest BCUT2D eigenvalue weighted by atomic mass is 9.73. The van der Waals surface area contributed by atoms with Crippen LogP contribution < -0.4 is 0 Å². The lowest BCUT2D eigenvalue weighted by Crippen LogP contribution is -2.22. The minimum atomic E-state index is 0.366. The first kappa shape index (κ1) is 11.7. The van der Waals surface area contributed by atoms with E-state index in [9.17, 15) is 0 Å². The van der Waals surface area contributed by atoms with Crippen LogP contribution in [0, 0.1) is 11.3 Å². The van der Waals surface area contributed by atoms with E-state index in [0.717, 1.165) is 5.92 Å². The van der Waals surface area contributed by atoms with Crippen molar-refractivity contribution in [1.29, 1.82) is 0 Å². The molecule has 0 heteroatoms. The fourth-order valence-corrected chi connectivity index (χ4v) is 1.85. The average Bonchev–Trinajstić information content (AvgIpc) is 2.05. The van der Waals surface area contributed by atoms with E-state index in [-0.39, 0.29) is 0 Å². The molecule has 72 valence electrons. The van der Waals surface area contributed by atoms with E-state index in [1.165, 1.54) is 25.7 Å². The van der Waals surface area contributed by atoms with Crippen molar-refractivity contribution in [3.63, 3.8) is 0 Å². The molecule has 0 radical (unpaired) electrons. The highest BCUT2D eigenvalue weighted by molar-refractivity contribution is 4.94. The molecule has 0 heterocycles. The van der Waals surface area contributed by atoms with Gasteiger partial charge in [-0.15, -0.1) is 6.58 Å². The zero-order valence-corrected chi connectivity index (χ0v) is 9.19. The normalized spacial score (nSPS) is 18.3. The summed E-state index contributed by atoms with van der Waals surface area (Å²) < 4.78 is 0. The molecule has 2 atom stereocenters. The molecular formula is C12H24. The fourth-order valence-electron chi connectivity index (χ4n) is 1.85. The summed E-state index contributed by atoms with van der Waals surface area (Å²) >= 11 is 0. The van der Waals surface area contributed by atoms with E-state index in [1.54, 1.807) is 0 Å². The third-order valence-electron chi connectivity index (χ3n) is 3.10. The van der Waals surface area contributed by atoms with Crippen LogP contribution in [0.3, 0.4) is 0 Å². The van der Waals surface area contributed by atoms with Crippen LogP contribution in [0.2, 0.25) is 0 Å². The standard InChI is InChI=1S/C12H24/c1-6-9-11(4)12(5,8-3)10-7-2/h8,11H,3,6-7,9-10H2,1-2,4-5H3. The second-order valence-corrected chi connectivity index (χ2v) is 4.15. The zero-order chi connectivity index (χ0) is 9.61. The summed E-state index contributed by atoms with van der Waals surface area (Å²) in [7, 11) is 0. The molecule has 0 bridgehead atoms. The van der Waals surface area contributed by atoms with Gasteiger partial charge in [0.25, 0.3) is 0 Å².